The highest BCUT2D eigenvalue weighted by Gasteiger charge is 2.30. The molecule has 142 valence electrons. The molecule has 1 atom stereocenters. The summed E-state index contributed by atoms with van der Waals surface area (Å²) in [5.41, 5.74) is 5.68. The summed E-state index contributed by atoms with van der Waals surface area (Å²) in [6.45, 7) is 4.57. The molecule has 1 aromatic rings. The number of primary amides is 1. The number of hydrogen-bond donors (Lipinski definition) is 2. The smallest absolute Gasteiger partial charge is 0.312 e. The van der Waals surface area contributed by atoms with Crippen molar-refractivity contribution in [1.29, 1.82) is 0 Å². The zero-order chi connectivity index (χ0) is 18.5. The van der Waals surface area contributed by atoms with Gasteiger partial charge >= 0.3 is 6.03 Å². The van der Waals surface area contributed by atoms with Gasteiger partial charge in [-0.3, -0.25) is 9.69 Å². The highest BCUT2D eigenvalue weighted by molar-refractivity contribution is 5.83. The number of likely N-dealkylation sites (tertiary alicyclic amines) is 1. The molecule has 1 aromatic carbocycles. The number of nitrogens with zero attached hydrogens (tertiary/aromatic N) is 3. The summed E-state index contributed by atoms with van der Waals surface area (Å²) in [6, 6.07) is 6.50. The molecule has 2 aliphatic rings. The van der Waals surface area contributed by atoms with Crippen LogP contribution in [0.1, 0.15) is 12.8 Å². The number of nitrogens with one attached hydrogen (secondary N) is 1. The number of benzene rings is 1. The van der Waals surface area contributed by atoms with E-state index >= 15 is 0 Å². The fourth-order valence-corrected chi connectivity index (χ4v) is 3.79. The maximum Gasteiger partial charge on any atom is 0.312 e. The molecule has 26 heavy (non-hydrogen) atoms. The van der Waals surface area contributed by atoms with Gasteiger partial charge in [0.25, 0.3) is 0 Å². The Kier molecular flexibility index (Phi) is 5.92. The Balaban J connectivity index is 1.52. The molecule has 0 bridgehead atoms. The molecule has 8 heteroatoms. The van der Waals surface area contributed by atoms with Crippen molar-refractivity contribution in [1.82, 2.24) is 15.1 Å². The van der Waals surface area contributed by atoms with Crippen LogP contribution in [0, 0.1) is 5.82 Å². The topological polar surface area (TPSA) is 81.9 Å². The van der Waals surface area contributed by atoms with Gasteiger partial charge in [0.2, 0.25) is 5.91 Å². The summed E-state index contributed by atoms with van der Waals surface area (Å²) in [6.07, 6.45) is 1.99. The van der Waals surface area contributed by atoms with Crippen LogP contribution in [0.25, 0.3) is 0 Å². The first-order chi connectivity index (χ1) is 12.5. The minimum Gasteiger partial charge on any atom is -0.367 e. The number of urea groups is 1. The zero-order valence-electron chi connectivity index (χ0n) is 14.9. The van der Waals surface area contributed by atoms with E-state index in [0.717, 1.165) is 39.0 Å². The predicted molar refractivity (Wildman–Crippen MR) is 97.4 cm³/mol. The summed E-state index contributed by atoms with van der Waals surface area (Å²) in [5, 5.41) is 2.36. The molecule has 1 unspecified atom stereocenters. The number of piperidine rings is 1. The quantitative estimate of drug-likeness (QED) is 0.821. The first-order valence-electron chi connectivity index (χ1n) is 9.09. The fraction of sp³-hybridized carbons (Fsp3) is 0.556. The van der Waals surface area contributed by atoms with Crippen LogP contribution in [0.4, 0.5) is 14.9 Å². The van der Waals surface area contributed by atoms with E-state index in [4.69, 9.17) is 5.73 Å². The van der Waals surface area contributed by atoms with Crippen LogP contribution in [0.5, 0.6) is 0 Å². The van der Waals surface area contributed by atoms with E-state index in [0.29, 0.717) is 24.8 Å². The predicted octanol–water partition coefficient (Wildman–Crippen LogP) is 0.607. The summed E-state index contributed by atoms with van der Waals surface area (Å²) in [5.74, 6) is -0.282. The minimum absolute atomic E-state index is 0.0525. The number of piperazine rings is 1. The van der Waals surface area contributed by atoms with E-state index in [2.05, 4.69) is 15.1 Å². The molecule has 0 aromatic heterocycles. The molecular formula is C18H26FN5O2. The summed E-state index contributed by atoms with van der Waals surface area (Å²) >= 11 is 0. The van der Waals surface area contributed by atoms with E-state index < -0.39 is 6.03 Å². The van der Waals surface area contributed by atoms with Crippen molar-refractivity contribution in [3.05, 3.63) is 30.1 Å². The van der Waals surface area contributed by atoms with Gasteiger partial charge in [-0.25, -0.2) is 9.18 Å². The van der Waals surface area contributed by atoms with Gasteiger partial charge in [-0.2, -0.15) is 0 Å². The number of carbonyl (C=O) groups is 2. The molecule has 2 fully saturated rings. The summed E-state index contributed by atoms with van der Waals surface area (Å²) in [4.78, 5) is 29.2. The monoisotopic (exact) mass is 363 g/mol. The molecule has 0 aliphatic carbocycles. The molecule has 7 nitrogen and oxygen atoms in total. The van der Waals surface area contributed by atoms with Crippen molar-refractivity contribution in [2.24, 2.45) is 5.73 Å². The number of halogens is 1. The SMILES string of the molecule is NC(=O)NCC(=O)N1CCCC(N2CCN(c3ccccc3F)CC2)C1. The molecule has 2 saturated heterocycles. The number of amides is 3. The van der Waals surface area contributed by atoms with Gasteiger partial charge in [0.15, 0.2) is 0 Å². The fourth-order valence-electron chi connectivity index (χ4n) is 3.79. The standard InChI is InChI=1S/C18H26FN5O2/c19-15-5-1-2-6-16(15)23-10-8-22(9-11-23)14-4-3-7-24(13-14)17(25)12-21-18(20)26/h1-2,5-6,14H,3-4,7-13H2,(H3,20,21,26). The van der Waals surface area contributed by atoms with Gasteiger partial charge in [-0.05, 0) is 25.0 Å². The molecule has 2 heterocycles. The van der Waals surface area contributed by atoms with Crippen LogP contribution in [-0.2, 0) is 4.79 Å². The van der Waals surface area contributed by atoms with Crippen molar-refractivity contribution < 1.29 is 14.0 Å². The third kappa shape index (κ3) is 4.43. The number of para-hydroxylation sites is 1. The third-order valence-corrected chi connectivity index (χ3v) is 5.19. The molecule has 0 saturated carbocycles. The Morgan fingerprint density at radius 3 is 2.58 bits per heavy atom. The highest BCUT2D eigenvalue weighted by atomic mass is 19.1. The van der Waals surface area contributed by atoms with Gasteiger partial charge < -0.3 is 20.9 Å². The van der Waals surface area contributed by atoms with E-state index in [1.54, 1.807) is 11.0 Å². The van der Waals surface area contributed by atoms with Crippen LogP contribution in [0.2, 0.25) is 0 Å². The van der Waals surface area contributed by atoms with Crippen molar-refractivity contribution in [2.75, 3.05) is 50.7 Å². The Hall–Kier alpha value is -2.35. The van der Waals surface area contributed by atoms with Crippen LogP contribution < -0.4 is 16.0 Å². The average Bonchev–Trinajstić information content (AvgIpc) is 2.67. The van der Waals surface area contributed by atoms with Gasteiger partial charge in [0.1, 0.15) is 5.82 Å². The molecule has 0 spiro atoms. The second kappa shape index (κ2) is 8.35. The third-order valence-electron chi connectivity index (χ3n) is 5.19. The molecule has 3 rings (SSSR count). The van der Waals surface area contributed by atoms with E-state index in [9.17, 15) is 14.0 Å². The van der Waals surface area contributed by atoms with E-state index in [1.165, 1.54) is 6.07 Å². The lowest BCUT2D eigenvalue weighted by atomic mass is 10.0. The lowest BCUT2D eigenvalue weighted by Gasteiger charge is -2.44. The highest BCUT2D eigenvalue weighted by Crippen LogP contribution is 2.23. The molecule has 3 amide bonds. The average molecular weight is 363 g/mol. The van der Waals surface area contributed by atoms with Gasteiger partial charge in [-0.15, -0.1) is 0 Å². The van der Waals surface area contributed by atoms with Crippen molar-refractivity contribution in [2.45, 2.75) is 18.9 Å². The maximum atomic E-state index is 14.0. The maximum absolute atomic E-state index is 14.0. The minimum atomic E-state index is -0.684. The van der Waals surface area contributed by atoms with Crippen LogP contribution >= 0.6 is 0 Å². The molecule has 2 aliphatic heterocycles. The van der Waals surface area contributed by atoms with Crippen LogP contribution in [0.15, 0.2) is 24.3 Å². The lowest BCUT2D eigenvalue weighted by molar-refractivity contribution is -0.132. The van der Waals surface area contributed by atoms with Gasteiger partial charge in [0.05, 0.1) is 12.2 Å². The second-order valence-corrected chi connectivity index (χ2v) is 6.83. The van der Waals surface area contributed by atoms with Gasteiger partial charge in [0, 0.05) is 45.3 Å². The number of hydrogen-bond acceptors (Lipinski definition) is 4. The van der Waals surface area contributed by atoms with Crippen molar-refractivity contribution in [3.63, 3.8) is 0 Å². The number of anilines is 1. The Labute approximate surface area is 152 Å². The Morgan fingerprint density at radius 2 is 1.88 bits per heavy atom. The zero-order valence-corrected chi connectivity index (χ0v) is 14.9. The van der Waals surface area contributed by atoms with E-state index in [1.807, 2.05) is 12.1 Å². The second-order valence-electron chi connectivity index (χ2n) is 6.83. The van der Waals surface area contributed by atoms with Crippen LogP contribution in [-0.4, -0.2) is 73.6 Å². The molecule has 0 radical (unpaired) electrons. The normalized spacial score (nSPS) is 21.5. The number of carbonyl (C=O) groups excluding carboxylic acids is 2. The van der Waals surface area contributed by atoms with Crippen molar-refractivity contribution in [3.8, 4) is 0 Å². The number of rotatable bonds is 4. The first kappa shape index (κ1) is 18.4. The van der Waals surface area contributed by atoms with Gasteiger partial charge in [-0.1, -0.05) is 12.1 Å². The molecular weight excluding hydrogens is 337 g/mol. The largest absolute Gasteiger partial charge is 0.367 e. The lowest BCUT2D eigenvalue weighted by Crippen LogP contribution is -2.56. The number of nitrogens with two attached hydrogens (primary N) is 1. The first-order valence-corrected chi connectivity index (χ1v) is 9.09. The Morgan fingerprint density at radius 1 is 1.15 bits per heavy atom. The molecule has 3 N–H and O–H groups in total. The van der Waals surface area contributed by atoms with Crippen molar-refractivity contribution >= 4 is 17.6 Å². The summed E-state index contributed by atoms with van der Waals surface area (Å²) in [7, 11) is 0. The van der Waals surface area contributed by atoms with E-state index in [-0.39, 0.29) is 18.3 Å². The Bertz CT molecular complexity index is 648. The van der Waals surface area contributed by atoms with Crippen LogP contribution in [0.3, 0.4) is 0 Å². The summed E-state index contributed by atoms with van der Waals surface area (Å²) < 4.78 is 14.0.